The summed E-state index contributed by atoms with van der Waals surface area (Å²) in [6.07, 6.45) is 5.45. The summed E-state index contributed by atoms with van der Waals surface area (Å²) in [7, 11) is 0. The molecule has 2 aliphatic rings. The average Bonchev–Trinajstić information content (AvgIpc) is 3.11. The highest BCUT2D eigenvalue weighted by Gasteiger charge is 2.45. The van der Waals surface area contributed by atoms with Crippen LogP contribution in [0.1, 0.15) is 48.8 Å². The Morgan fingerprint density at radius 1 is 0.588 bits per heavy atom. The zero-order valence-electron chi connectivity index (χ0n) is 18.9. The van der Waals surface area contributed by atoms with Gasteiger partial charge < -0.3 is 25.5 Å². The summed E-state index contributed by atoms with van der Waals surface area (Å²) >= 11 is 0. The molecular weight excluding hydrogens is 428 g/mol. The normalized spacial score (nSPS) is 16.0. The number of aryl methyl sites for hydroxylation is 1. The number of phenolic OH excluding ortho intramolecular Hbond substituents is 5. The van der Waals surface area contributed by atoms with E-state index in [0.29, 0.717) is 5.56 Å². The number of aromatic hydroxyl groups is 5. The topological polar surface area (TPSA) is 101 Å². The van der Waals surface area contributed by atoms with Gasteiger partial charge in [-0.1, -0.05) is 67.3 Å². The molecule has 6 rings (SSSR count). The molecule has 1 fully saturated rings. The van der Waals surface area contributed by atoms with E-state index in [-0.39, 0.29) is 11.0 Å². The monoisotopic (exact) mass is 454 g/mol. The van der Waals surface area contributed by atoms with E-state index in [2.05, 4.69) is 25.1 Å². The van der Waals surface area contributed by atoms with Crippen molar-refractivity contribution >= 4 is 10.8 Å². The molecule has 4 aromatic carbocycles. The number of hydrogen-bond acceptors (Lipinski definition) is 5. The van der Waals surface area contributed by atoms with Crippen LogP contribution in [0.4, 0.5) is 0 Å². The summed E-state index contributed by atoms with van der Waals surface area (Å²) in [6, 6.07) is 16.4. The second-order valence-electron chi connectivity index (χ2n) is 9.70. The van der Waals surface area contributed by atoms with E-state index in [0.717, 1.165) is 42.0 Å². The van der Waals surface area contributed by atoms with Crippen LogP contribution >= 0.6 is 0 Å². The lowest BCUT2D eigenvalue weighted by Gasteiger charge is -2.36. The zero-order valence-corrected chi connectivity index (χ0v) is 18.9. The van der Waals surface area contributed by atoms with Gasteiger partial charge in [0.15, 0.2) is 11.5 Å². The highest BCUT2D eigenvalue weighted by molar-refractivity contribution is 6.10. The first-order chi connectivity index (χ1) is 16.3. The van der Waals surface area contributed by atoms with Gasteiger partial charge in [0.25, 0.3) is 0 Å². The van der Waals surface area contributed by atoms with Gasteiger partial charge in [-0.3, -0.25) is 0 Å². The fraction of sp³-hybridized carbons (Fsp3) is 0.241. The van der Waals surface area contributed by atoms with Crippen LogP contribution < -0.4 is 0 Å². The molecule has 172 valence electrons. The summed E-state index contributed by atoms with van der Waals surface area (Å²) in [6.45, 7) is 2.11. The van der Waals surface area contributed by atoms with Crippen LogP contribution in [0, 0.1) is 6.92 Å². The minimum absolute atomic E-state index is 0.0927. The van der Waals surface area contributed by atoms with Gasteiger partial charge in [-0.15, -0.1) is 0 Å². The SMILES string of the molecule is Cc1ccc2c(c1)C1(CCCCC1)c1cc(-c3c(O)c(O)c(O)c(O)c3O)c3ccccc3c1-2. The van der Waals surface area contributed by atoms with Gasteiger partial charge in [0.05, 0.1) is 5.56 Å². The Kier molecular flexibility index (Phi) is 4.31. The van der Waals surface area contributed by atoms with E-state index >= 15 is 0 Å². The molecule has 5 N–H and O–H groups in total. The molecule has 2 aliphatic carbocycles. The molecule has 5 nitrogen and oxygen atoms in total. The molecule has 4 aromatic rings. The second kappa shape index (κ2) is 7.07. The second-order valence-corrected chi connectivity index (χ2v) is 9.70. The fourth-order valence-electron chi connectivity index (χ4n) is 6.30. The van der Waals surface area contributed by atoms with Crippen molar-refractivity contribution in [3.63, 3.8) is 0 Å². The fourth-order valence-corrected chi connectivity index (χ4v) is 6.30. The van der Waals surface area contributed by atoms with Crippen molar-refractivity contribution in [2.75, 3.05) is 0 Å². The summed E-state index contributed by atoms with van der Waals surface area (Å²) in [5.41, 5.74) is 6.32. The van der Waals surface area contributed by atoms with Crippen LogP contribution in [0.3, 0.4) is 0 Å². The molecule has 1 saturated carbocycles. The molecule has 0 atom stereocenters. The first-order valence-corrected chi connectivity index (χ1v) is 11.7. The number of benzene rings is 4. The summed E-state index contributed by atoms with van der Waals surface area (Å²) in [5.74, 6) is -4.00. The number of rotatable bonds is 1. The van der Waals surface area contributed by atoms with Crippen molar-refractivity contribution in [2.24, 2.45) is 0 Å². The van der Waals surface area contributed by atoms with E-state index in [1.807, 2.05) is 30.3 Å². The van der Waals surface area contributed by atoms with Crippen molar-refractivity contribution in [2.45, 2.75) is 44.4 Å². The van der Waals surface area contributed by atoms with E-state index in [4.69, 9.17) is 0 Å². The maximum absolute atomic E-state index is 10.8. The third-order valence-corrected chi connectivity index (χ3v) is 7.87. The van der Waals surface area contributed by atoms with Crippen LogP contribution in [0.5, 0.6) is 28.7 Å². The van der Waals surface area contributed by atoms with E-state index in [1.165, 1.54) is 28.7 Å². The van der Waals surface area contributed by atoms with Crippen molar-refractivity contribution in [3.05, 3.63) is 65.2 Å². The number of phenols is 5. The Morgan fingerprint density at radius 2 is 1.21 bits per heavy atom. The molecule has 0 heterocycles. The number of hydrogen-bond donors (Lipinski definition) is 5. The highest BCUT2D eigenvalue weighted by Crippen LogP contribution is 2.61. The minimum atomic E-state index is -0.948. The van der Waals surface area contributed by atoms with Crippen LogP contribution in [-0.2, 0) is 5.41 Å². The van der Waals surface area contributed by atoms with Gasteiger partial charge >= 0.3 is 0 Å². The molecule has 0 amide bonds. The molecular formula is C29H26O5. The first kappa shape index (κ1) is 20.7. The maximum Gasteiger partial charge on any atom is 0.208 e. The van der Waals surface area contributed by atoms with Crippen LogP contribution in [0.25, 0.3) is 33.0 Å². The van der Waals surface area contributed by atoms with Gasteiger partial charge in [-0.25, -0.2) is 0 Å². The third-order valence-electron chi connectivity index (χ3n) is 7.87. The van der Waals surface area contributed by atoms with Crippen molar-refractivity contribution in [3.8, 4) is 51.0 Å². The molecule has 0 bridgehead atoms. The Morgan fingerprint density at radius 3 is 1.88 bits per heavy atom. The summed E-state index contributed by atoms with van der Waals surface area (Å²) in [5, 5.41) is 53.8. The Labute approximate surface area is 197 Å². The van der Waals surface area contributed by atoms with E-state index in [9.17, 15) is 25.5 Å². The van der Waals surface area contributed by atoms with Crippen molar-refractivity contribution in [1.29, 1.82) is 0 Å². The Hall–Kier alpha value is -3.86. The zero-order chi connectivity index (χ0) is 23.8. The van der Waals surface area contributed by atoms with Gasteiger partial charge in [0.2, 0.25) is 17.2 Å². The smallest absolute Gasteiger partial charge is 0.208 e. The molecule has 0 aliphatic heterocycles. The lowest BCUT2D eigenvalue weighted by atomic mass is 9.67. The summed E-state index contributed by atoms with van der Waals surface area (Å²) < 4.78 is 0. The van der Waals surface area contributed by atoms with Gasteiger partial charge in [-0.2, -0.15) is 0 Å². The molecule has 5 heteroatoms. The number of fused-ring (bicyclic) bond motifs is 7. The standard InChI is InChI=1S/C29H26O5/c1-15-9-10-18-20(13-15)29(11-5-2-6-12-29)21-14-19(16-7-3-4-8-17(16)22(18)21)23-24(30)26(32)28(34)27(33)25(23)31/h3-4,7-10,13-14,30-34H,2,5-6,11-12H2,1H3. The quantitative estimate of drug-likeness (QED) is 0.165. The van der Waals surface area contributed by atoms with Crippen LogP contribution in [0.2, 0.25) is 0 Å². The molecule has 0 radical (unpaired) electrons. The molecule has 0 saturated heterocycles. The van der Waals surface area contributed by atoms with E-state index in [1.54, 1.807) is 0 Å². The molecule has 1 spiro atoms. The molecule has 0 unspecified atom stereocenters. The lowest BCUT2D eigenvalue weighted by molar-refractivity contribution is 0.330. The maximum atomic E-state index is 10.8. The predicted molar refractivity (Wildman–Crippen MR) is 132 cm³/mol. The predicted octanol–water partition coefficient (Wildman–Crippen LogP) is 6.57. The largest absolute Gasteiger partial charge is 0.504 e. The highest BCUT2D eigenvalue weighted by atomic mass is 16.4. The van der Waals surface area contributed by atoms with Crippen molar-refractivity contribution in [1.82, 2.24) is 0 Å². The van der Waals surface area contributed by atoms with Crippen molar-refractivity contribution < 1.29 is 25.5 Å². The first-order valence-electron chi connectivity index (χ1n) is 11.7. The molecule has 34 heavy (non-hydrogen) atoms. The van der Waals surface area contributed by atoms with Gasteiger partial charge in [0.1, 0.15) is 0 Å². The van der Waals surface area contributed by atoms with Gasteiger partial charge in [-0.05, 0) is 64.4 Å². The Bertz CT molecular complexity index is 1470. The van der Waals surface area contributed by atoms with E-state index < -0.39 is 28.7 Å². The Balaban J connectivity index is 1.77. The average molecular weight is 455 g/mol. The van der Waals surface area contributed by atoms with Gasteiger partial charge in [0, 0.05) is 5.41 Å². The van der Waals surface area contributed by atoms with Crippen LogP contribution in [0.15, 0.2) is 48.5 Å². The summed E-state index contributed by atoms with van der Waals surface area (Å²) in [4.78, 5) is 0. The minimum Gasteiger partial charge on any atom is -0.504 e. The van der Waals surface area contributed by atoms with Crippen LogP contribution in [-0.4, -0.2) is 25.5 Å². The lowest BCUT2D eigenvalue weighted by Crippen LogP contribution is -2.28. The molecule has 0 aromatic heterocycles. The third kappa shape index (κ3) is 2.55.